The van der Waals surface area contributed by atoms with Gasteiger partial charge in [-0.25, -0.2) is 0 Å². The molecule has 0 amide bonds. The Balaban J connectivity index is 2.01. The van der Waals surface area contributed by atoms with Crippen LogP contribution in [0.1, 0.15) is 32.6 Å². The van der Waals surface area contributed by atoms with Crippen LogP contribution in [0.25, 0.3) is 0 Å². The molecular formula is C11H19NO2. The van der Waals surface area contributed by atoms with Gasteiger partial charge in [-0.3, -0.25) is 9.69 Å². The Hall–Kier alpha value is -0.570. The number of carbonyl (C=O) groups excluding carboxylic acids is 1. The number of ether oxygens (including phenoxy) is 1. The van der Waals surface area contributed by atoms with Crippen LogP contribution in [0.15, 0.2) is 0 Å². The van der Waals surface area contributed by atoms with Crippen molar-refractivity contribution in [1.29, 1.82) is 0 Å². The van der Waals surface area contributed by atoms with E-state index < -0.39 is 0 Å². The molecule has 0 bridgehead atoms. The number of carbonyl (C=O) groups is 1. The first-order valence-electron chi connectivity index (χ1n) is 5.57. The fourth-order valence-electron chi connectivity index (χ4n) is 3.06. The zero-order valence-electron chi connectivity index (χ0n) is 9.03. The number of fused-ring (bicyclic) bond motifs is 1. The molecule has 2 aliphatic rings. The number of methoxy groups -OCH3 is 1. The van der Waals surface area contributed by atoms with Crippen molar-refractivity contribution in [2.75, 3.05) is 13.7 Å². The maximum absolute atomic E-state index is 11.4. The highest BCUT2D eigenvalue weighted by atomic mass is 16.5. The molecule has 1 saturated carbocycles. The molecule has 0 aromatic carbocycles. The maximum Gasteiger partial charge on any atom is 0.322 e. The van der Waals surface area contributed by atoms with E-state index >= 15 is 0 Å². The molecule has 0 N–H and O–H groups in total. The van der Waals surface area contributed by atoms with E-state index in [1.54, 1.807) is 0 Å². The van der Waals surface area contributed by atoms with Gasteiger partial charge in [0.1, 0.15) is 6.04 Å². The largest absolute Gasteiger partial charge is 0.468 e. The number of nitrogens with zero attached hydrogens (tertiary/aromatic N) is 1. The quantitative estimate of drug-likeness (QED) is 0.627. The topological polar surface area (TPSA) is 29.5 Å². The number of hydrogen-bond acceptors (Lipinski definition) is 3. The van der Waals surface area contributed by atoms with E-state index in [4.69, 9.17) is 4.74 Å². The van der Waals surface area contributed by atoms with Crippen molar-refractivity contribution < 1.29 is 9.53 Å². The van der Waals surface area contributed by atoms with E-state index in [0.29, 0.717) is 6.04 Å². The lowest BCUT2D eigenvalue weighted by molar-refractivity contribution is -0.146. The van der Waals surface area contributed by atoms with Crippen LogP contribution in [-0.4, -0.2) is 36.6 Å². The van der Waals surface area contributed by atoms with Crippen LogP contribution in [-0.2, 0) is 9.53 Å². The van der Waals surface area contributed by atoms with Gasteiger partial charge in [0.25, 0.3) is 0 Å². The van der Waals surface area contributed by atoms with Gasteiger partial charge in [0.15, 0.2) is 0 Å². The molecule has 3 heteroatoms. The molecule has 1 aliphatic heterocycles. The molecule has 1 aliphatic carbocycles. The second-order valence-electron chi connectivity index (χ2n) is 4.48. The summed E-state index contributed by atoms with van der Waals surface area (Å²) in [4.78, 5) is 13.8. The summed E-state index contributed by atoms with van der Waals surface area (Å²) in [7, 11) is 1.47. The highest BCUT2D eigenvalue weighted by molar-refractivity contribution is 5.75. The average molecular weight is 197 g/mol. The van der Waals surface area contributed by atoms with Crippen LogP contribution in [0, 0.1) is 5.92 Å². The molecule has 2 fully saturated rings. The molecule has 1 saturated heterocycles. The molecule has 14 heavy (non-hydrogen) atoms. The molecule has 0 aromatic rings. The Morgan fingerprint density at radius 2 is 2.21 bits per heavy atom. The van der Waals surface area contributed by atoms with Gasteiger partial charge in [-0.05, 0) is 38.6 Å². The fourth-order valence-corrected chi connectivity index (χ4v) is 3.06. The third-order valence-electron chi connectivity index (χ3n) is 3.84. The van der Waals surface area contributed by atoms with Crippen LogP contribution in [0.2, 0.25) is 0 Å². The predicted molar refractivity (Wildman–Crippen MR) is 53.9 cm³/mol. The summed E-state index contributed by atoms with van der Waals surface area (Å²) in [6, 6.07) is 0.609. The van der Waals surface area contributed by atoms with Gasteiger partial charge in [0, 0.05) is 6.04 Å². The van der Waals surface area contributed by atoms with Crippen LogP contribution in [0.4, 0.5) is 0 Å². The van der Waals surface area contributed by atoms with Crippen LogP contribution >= 0.6 is 0 Å². The molecule has 3 atom stereocenters. The smallest absolute Gasteiger partial charge is 0.322 e. The SMILES string of the molecule is COC(=O)[C@H](C)N1CC[C@H]2CCC[C@H]21. The summed E-state index contributed by atoms with van der Waals surface area (Å²) >= 11 is 0. The monoisotopic (exact) mass is 197 g/mol. The minimum Gasteiger partial charge on any atom is -0.468 e. The van der Waals surface area contributed by atoms with Crippen molar-refractivity contribution in [3.63, 3.8) is 0 Å². The Morgan fingerprint density at radius 3 is 2.93 bits per heavy atom. The summed E-state index contributed by atoms with van der Waals surface area (Å²) in [6.45, 7) is 3.04. The lowest BCUT2D eigenvalue weighted by Gasteiger charge is -2.28. The van der Waals surface area contributed by atoms with E-state index in [1.807, 2.05) is 6.92 Å². The summed E-state index contributed by atoms with van der Waals surface area (Å²) in [5.41, 5.74) is 0. The Bertz CT molecular complexity index is 229. The minimum atomic E-state index is -0.0856. The lowest BCUT2D eigenvalue weighted by Crippen LogP contribution is -2.43. The first-order valence-corrected chi connectivity index (χ1v) is 5.57. The summed E-state index contributed by atoms with van der Waals surface area (Å²) < 4.78 is 4.79. The molecular weight excluding hydrogens is 178 g/mol. The van der Waals surface area contributed by atoms with Crippen molar-refractivity contribution in [3.8, 4) is 0 Å². The van der Waals surface area contributed by atoms with Gasteiger partial charge >= 0.3 is 5.97 Å². The molecule has 1 heterocycles. The van der Waals surface area contributed by atoms with Crippen LogP contribution in [0.5, 0.6) is 0 Å². The van der Waals surface area contributed by atoms with Crippen molar-refractivity contribution in [3.05, 3.63) is 0 Å². The van der Waals surface area contributed by atoms with Crippen molar-refractivity contribution in [1.82, 2.24) is 4.90 Å². The molecule has 0 spiro atoms. The van der Waals surface area contributed by atoms with E-state index in [9.17, 15) is 4.79 Å². The molecule has 80 valence electrons. The van der Waals surface area contributed by atoms with Gasteiger partial charge < -0.3 is 4.74 Å². The second-order valence-corrected chi connectivity index (χ2v) is 4.48. The second kappa shape index (κ2) is 3.89. The van der Waals surface area contributed by atoms with Gasteiger partial charge in [0.2, 0.25) is 0 Å². The van der Waals surface area contributed by atoms with Crippen LogP contribution in [0.3, 0.4) is 0 Å². The first kappa shape index (κ1) is 9.97. The van der Waals surface area contributed by atoms with Crippen molar-refractivity contribution >= 4 is 5.97 Å². The Kier molecular flexibility index (Phi) is 2.77. The number of rotatable bonds is 2. The highest BCUT2D eigenvalue weighted by Gasteiger charge is 2.41. The zero-order valence-corrected chi connectivity index (χ0v) is 9.03. The van der Waals surface area contributed by atoms with E-state index in [1.165, 1.54) is 32.8 Å². The Labute approximate surface area is 85.4 Å². The summed E-state index contributed by atoms with van der Waals surface area (Å²) in [5.74, 6) is 0.764. The first-order chi connectivity index (χ1) is 6.74. The molecule has 0 aromatic heterocycles. The summed E-state index contributed by atoms with van der Waals surface area (Å²) in [6.07, 6.45) is 5.23. The average Bonchev–Trinajstić information content (AvgIpc) is 2.76. The molecule has 0 radical (unpaired) electrons. The van der Waals surface area contributed by atoms with Gasteiger partial charge in [-0.15, -0.1) is 0 Å². The van der Waals surface area contributed by atoms with E-state index in [2.05, 4.69) is 4.90 Å². The van der Waals surface area contributed by atoms with Gasteiger partial charge in [-0.2, -0.15) is 0 Å². The summed E-state index contributed by atoms with van der Waals surface area (Å²) in [5, 5.41) is 0. The van der Waals surface area contributed by atoms with Gasteiger partial charge in [-0.1, -0.05) is 6.42 Å². The van der Waals surface area contributed by atoms with E-state index in [-0.39, 0.29) is 12.0 Å². The van der Waals surface area contributed by atoms with Crippen LogP contribution < -0.4 is 0 Å². The van der Waals surface area contributed by atoms with Crippen molar-refractivity contribution in [2.45, 2.75) is 44.7 Å². The standard InChI is InChI=1S/C11H19NO2/c1-8(11(13)14-2)12-7-6-9-4-3-5-10(9)12/h8-10H,3-7H2,1-2H3/t8-,9+,10+/m0/s1. The number of hydrogen-bond donors (Lipinski definition) is 0. The lowest BCUT2D eigenvalue weighted by atomic mass is 10.0. The number of likely N-dealkylation sites (tertiary alicyclic amines) is 1. The third-order valence-corrected chi connectivity index (χ3v) is 3.84. The number of esters is 1. The molecule has 0 unspecified atom stereocenters. The zero-order chi connectivity index (χ0) is 10.1. The minimum absolute atomic E-state index is 0.0481. The fraction of sp³-hybridized carbons (Fsp3) is 0.909. The predicted octanol–water partition coefficient (Wildman–Crippen LogP) is 1.42. The van der Waals surface area contributed by atoms with Gasteiger partial charge in [0.05, 0.1) is 7.11 Å². The molecule has 3 nitrogen and oxygen atoms in total. The highest BCUT2D eigenvalue weighted by Crippen LogP contribution is 2.38. The van der Waals surface area contributed by atoms with E-state index in [0.717, 1.165) is 12.5 Å². The van der Waals surface area contributed by atoms with Crippen molar-refractivity contribution in [2.24, 2.45) is 5.92 Å². The normalized spacial score (nSPS) is 34.1. The molecule has 2 rings (SSSR count). The third kappa shape index (κ3) is 1.54. The Morgan fingerprint density at radius 1 is 1.43 bits per heavy atom. The maximum atomic E-state index is 11.4.